The Hall–Kier alpha value is -3.02. The van der Waals surface area contributed by atoms with Gasteiger partial charge in [-0.25, -0.2) is 5.43 Å². The number of aryl methyl sites for hydroxylation is 2. The van der Waals surface area contributed by atoms with Gasteiger partial charge in [-0.1, -0.05) is 31.5 Å². The van der Waals surface area contributed by atoms with Crippen LogP contribution in [0.25, 0.3) is 0 Å². The lowest BCUT2D eigenvalue weighted by Crippen LogP contribution is -2.25. The molecule has 0 spiro atoms. The lowest BCUT2D eigenvalue weighted by molar-refractivity contribution is -0.123. The number of hydrogen-bond acceptors (Lipinski definition) is 5. The fraction of sp³-hybridized carbons (Fsp3) is 0.364. The molecule has 2 rings (SSSR count). The van der Waals surface area contributed by atoms with Crippen LogP contribution < -0.4 is 19.6 Å². The summed E-state index contributed by atoms with van der Waals surface area (Å²) in [6.45, 7) is 6.55. The van der Waals surface area contributed by atoms with Crippen molar-refractivity contribution in [2.24, 2.45) is 5.10 Å². The van der Waals surface area contributed by atoms with Crippen molar-refractivity contribution in [3.63, 3.8) is 0 Å². The van der Waals surface area contributed by atoms with Crippen molar-refractivity contribution in [2.45, 2.75) is 33.6 Å². The second kappa shape index (κ2) is 11.0. The Morgan fingerprint density at radius 1 is 1.11 bits per heavy atom. The number of carbonyl (C=O) groups is 1. The van der Waals surface area contributed by atoms with Gasteiger partial charge < -0.3 is 14.2 Å². The third-order valence-electron chi connectivity index (χ3n) is 4.10. The largest absolute Gasteiger partial charge is 0.493 e. The van der Waals surface area contributed by atoms with E-state index in [-0.39, 0.29) is 12.5 Å². The molecule has 0 aromatic heterocycles. The average Bonchev–Trinajstić information content (AvgIpc) is 2.68. The summed E-state index contributed by atoms with van der Waals surface area (Å²) < 4.78 is 16.7. The number of amides is 1. The molecule has 0 saturated carbocycles. The summed E-state index contributed by atoms with van der Waals surface area (Å²) in [4.78, 5) is 12.0. The second-order valence-corrected chi connectivity index (χ2v) is 6.42. The van der Waals surface area contributed by atoms with Gasteiger partial charge in [0.05, 0.1) is 19.9 Å². The van der Waals surface area contributed by atoms with E-state index in [1.807, 2.05) is 50.2 Å². The number of nitrogens with zero attached hydrogens (tertiary/aromatic N) is 1. The van der Waals surface area contributed by atoms with Gasteiger partial charge in [0.25, 0.3) is 5.91 Å². The molecule has 1 N–H and O–H groups in total. The summed E-state index contributed by atoms with van der Waals surface area (Å²) in [5.74, 6) is 1.72. The minimum atomic E-state index is -0.328. The molecule has 2 aromatic rings. The maximum Gasteiger partial charge on any atom is 0.277 e. The molecule has 0 aliphatic heterocycles. The molecule has 2 aromatic carbocycles. The van der Waals surface area contributed by atoms with Crippen molar-refractivity contribution >= 4 is 12.1 Å². The Kier molecular flexibility index (Phi) is 8.34. The highest BCUT2D eigenvalue weighted by molar-refractivity contribution is 5.83. The van der Waals surface area contributed by atoms with Crippen LogP contribution in [0.3, 0.4) is 0 Å². The Morgan fingerprint density at radius 2 is 1.86 bits per heavy atom. The Morgan fingerprint density at radius 3 is 2.54 bits per heavy atom. The topological polar surface area (TPSA) is 69.2 Å². The molecule has 0 atom stereocenters. The number of para-hydroxylation sites is 1. The number of carbonyl (C=O) groups excluding carboxylic acids is 1. The predicted octanol–water partition coefficient (Wildman–Crippen LogP) is 4.02. The molecule has 0 aliphatic carbocycles. The normalized spacial score (nSPS) is 10.7. The van der Waals surface area contributed by atoms with Crippen molar-refractivity contribution < 1.29 is 19.0 Å². The monoisotopic (exact) mass is 384 g/mol. The molecule has 0 fully saturated rings. The van der Waals surface area contributed by atoms with Gasteiger partial charge in [0.15, 0.2) is 18.1 Å². The first-order valence-corrected chi connectivity index (χ1v) is 9.37. The molecule has 0 aliphatic rings. The van der Waals surface area contributed by atoms with Crippen LogP contribution in [0.15, 0.2) is 41.5 Å². The van der Waals surface area contributed by atoms with E-state index in [1.54, 1.807) is 13.3 Å². The summed E-state index contributed by atoms with van der Waals surface area (Å²) in [6, 6.07) is 11.3. The minimum Gasteiger partial charge on any atom is -0.493 e. The van der Waals surface area contributed by atoms with E-state index in [0.717, 1.165) is 35.3 Å². The maximum absolute atomic E-state index is 12.0. The molecule has 28 heavy (non-hydrogen) atoms. The maximum atomic E-state index is 12.0. The second-order valence-electron chi connectivity index (χ2n) is 6.42. The van der Waals surface area contributed by atoms with E-state index in [4.69, 9.17) is 14.2 Å². The molecule has 1 amide bonds. The zero-order valence-corrected chi connectivity index (χ0v) is 17.0. The number of unbranched alkanes of at least 4 members (excludes halogenated alkanes) is 1. The van der Waals surface area contributed by atoms with Crippen LogP contribution in [0.2, 0.25) is 0 Å². The van der Waals surface area contributed by atoms with Crippen molar-refractivity contribution in [1.82, 2.24) is 5.43 Å². The van der Waals surface area contributed by atoms with E-state index in [1.165, 1.54) is 0 Å². The third kappa shape index (κ3) is 6.30. The van der Waals surface area contributed by atoms with Gasteiger partial charge in [-0.05, 0) is 55.2 Å². The highest BCUT2D eigenvalue weighted by atomic mass is 16.5. The predicted molar refractivity (Wildman–Crippen MR) is 111 cm³/mol. The molecule has 0 unspecified atom stereocenters. The number of benzene rings is 2. The van der Waals surface area contributed by atoms with Crippen LogP contribution in [0.1, 0.15) is 36.5 Å². The van der Waals surface area contributed by atoms with E-state index in [9.17, 15) is 4.79 Å². The summed E-state index contributed by atoms with van der Waals surface area (Å²) in [5, 5.41) is 3.98. The van der Waals surface area contributed by atoms with E-state index in [0.29, 0.717) is 18.1 Å². The fourth-order valence-corrected chi connectivity index (χ4v) is 2.59. The van der Waals surface area contributed by atoms with Crippen LogP contribution in [0.5, 0.6) is 17.2 Å². The van der Waals surface area contributed by atoms with Crippen LogP contribution in [0, 0.1) is 13.8 Å². The van der Waals surface area contributed by atoms with Crippen LogP contribution >= 0.6 is 0 Å². The van der Waals surface area contributed by atoms with E-state index in [2.05, 4.69) is 17.5 Å². The average molecular weight is 384 g/mol. The summed E-state index contributed by atoms with van der Waals surface area (Å²) in [6.07, 6.45) is 3.61. The first kappa shape index (κ1) is 21.3. The summed E-state index contributed by atoms with van der Waals surface area (Å²) in [7, 11) is 1.59. The van der Waals surface area contributed by atoms with Crippen molar-refractivity contribution in [2.75, 3.05) is 20.3 Å². The molecule has 0 heterocycles. The van der Waals surface area contributed by atoms with Crippen LogP contribution in [-0.2, 0) is 4.79 Å². The molecule has 150 valence electrons. The lowest BCUT2D eigenvalue weighted by Gasteiger charge is -2.11. The number of rotatable bonds is 10. The van der Waals surface area contributed by atoms with Gasteiger partial charge in [0.2, 0.25) is 0 Å². The zero-order chi connectivity index (χ0) is 20.4. The molecule has 6 nitrogen and oxygen atoms in total. The smallest absolute Gasteiger partial charge is 0.277 e. The Bertz CT molecular complexity index is 798. The number of methoxy groups -OCH3 is 1. The van der Waals surface area contributed by atoms with Gasteiger partial charge in [-0.3, -0.25) is 4.79 Å². The van der Waals surface area contributed by atoms with E-state index < -0.39 is 0 Å². The van der Waals surface area contributed by atoms with Gasteiger partial charge in [-0.15, -0.1) is 0 Å². The van der Waals surface area contributed by atoms with Crippen LogP contribution in [0.4, 0.5) is 0 Å². The van der Waals surface area contributed by atoms with Gasteiger partial charge in [0, 0.05) is 0 Å². The van der Waals surface area contributed by atoms with Crippen LogP contribution in [-0.4, -0.2) is 32.4 Å². The molecule has 0 saturated heterocycles. The van der Waals surface area contributed by atoms with Gasteiger partial charge >= 0.3 is 0 Å². The standard InChI is InChI=1S/C22H28N2O4/c1-5-6-12-27-19-11-10-18(13-20(19)26-4)14-23-24-21(25)15-28-22-16(2)8-7-9-17(22)3/h7-11,13-14H,5-6,12,15H2,1-4H3,(H,24,25)/b23-14-. The number of hydrazone groups is 1. The molecule has 0 bridgehead atoms. The third-order valence-corrected chi connectivity index (χ3v) is 4.10. The fourth-order valence-electron chi connectivity index (χ4n) is 2.59. The lowest BCUT2D eigenvalue weighted by atomic mass is 10.1. The zero-order valence-electron chi connectivity index (χ0n) is 17.0. The molecule has 0 radical (unpaired) electrons. The van der Waals surface area contributed by atoms with Crippen molar-refractivity contribution in [3.05, 3.63) is 53.1 Å². The van der Waals surface area contributed by atoms with Gasteiger partial charge in [-0.2, -0.15) is 5.10 Å². The molecular weight excluding hydrogens is 356 g/mol. The van der Waals surface area contributed by atoms with Gasteiger partial charge in [0.1, 0.15) is 5.75 Å². The summed E-state index contributed by atoms with van der Waals surface area (Å²) in [5.41, 5.74) is 5.24. The van der Waals surface area contributed by atoms with E-state index >= 15 is 0 Å². The highest BCUT2D eigenvalue weighted by Gasteiger charge is 2.07. The quantitative estimate of drug-likeness (QED) is 0.382. The summed E-state index contributed by atoms with van der Waals surface area (Å²) >= 11 is 0. The SMILES string of the molecule is CCCCOc1ccc(/C=N\NC(=O)COc2c(C)cccc2C)cc1OC. The minimum absolute atomic E-state index is 0.101. The van der Waals surface area contributed by atoms with Crippen molar-refractivity contribution in [1.29, 1.82) is 0 Å². The first-order chi connectivity index (χ1) is 13.5. The number of ether oxygens (including phenoxy) is 3. The first-order valence-electron chi connectivity index (χ1n) is 9.37. The number of nitrogens with one attached hydrogen (secondary N) is 1. The molecular formula is C22H28N2O4. The Balaban J connectivity index is 1.88. The van der Waals surface area contributed by atoms with Crippen molar-refractivity contribution in [3.8, 4) is 17.2 Å². The Labute approximate surface area is 166 Å². The number of hydrogen-bond donors (Lipinski definition) is 1. The highest BCUT2D eigenvalue weighted by Crippen LogP contribution is 2.27. The molecule has 6 heteroatoms.